The number of allylic oxidation sites excluding steroid dienone is 1. The molecule has 0 aromatic carbocycles. The number of carbonyl (C=O) groups is 2. The topological polar surface area (TPSA) is 71.1 Å². The van der Waals surface area contributed by atoms with E-state index in [2.05, 4.69) is 45.9 Å². The summed E-state index contributed by atoms with van der Waals surface area (Å²) in [6.45, 7) is 19.4. The van der Waals surface area contributed by atoms with Crippen molar-refractivity contribution in [3.8, 4) is 0 Å². The van der Waals surface area contributed by atoms with Crippen LogP contribution in [0.5, 0.6) is 0 Å². The van der Waals surface area contributed by atoms with Crippen LogP contribution in [0.1, 0.15) is 39.0 Å². The number of methoxy groups -OCH3 is 1. The van der Waals surface area contributed by atoms with E-state index in [1.165, 1.54) is 12.7 Å². The van der Waals surface area contributed by atoms with Crippen molar-refractivity contribution in [3.05, 3.63) is 12.2 Å². The SMILES string of the molecule is C=C1C[C@]23C[C@H]1CCC2[C@@]12C[C@H](O[Si](C)(C)C)[C@H](O[Si](C)(C)C)C(C)(C(=O)O1)C2[C@@H]3C(=O)OC. The van der Waals surface area contributed by atoms with Gasteiger partial charge in [-0.25, -0.2) is 0 Å². The van der Waals surface area contributed by atoms with Crippen LogP contribution in [0.15, 0.2) is 12.2 Å². The predicted molar refractivity (Wildman–Crippen MR) is 134 cm³/mol. The first-order valence-electron chi connectivity index (χ1n) is 12.9. The Hall–Kier alpha value is -0.966. The third-order valence-electron chi connectivity index (χ3n) is 9.58. The molecule has 1 heterocycles. The van der Waals surface area contributed by atoms with Crippen molar-refractivity contribution in [3.63, 3.8) is 0 Å². The van der Waals surface area contributed by atoms with Gasteiger partial charge < -0.3 is 18.3 Å². The Bertz CT molecular complexity index is 937. The molecule has 4 saturated carbocycles. The smallest absolute Gasteiger partial charge is 0.315 e. The lowest BCUT2D eigenvalue weighted by molar-refractivity contribution is -0.164. The molecule has 1 aliphatic heterocycles. The summed E-state index contributed by atoms with van der Waals surface area (Å²) < 4.78 is 25.7. The monoisotopic (exact) mass is 506 g/mol. The number of fused-ring (bicyclic) bond motifs is 1. The Balaban J connectivity index is 1.71. The van der Waals surface area contributed by atoms with Gasteiger partial charge in [0.25, 0.3) is 0 Å². The Morgan fingerprint density at radius 3 is 2.29 bits per heavy atom. The van der Waals surface area contributed by atoms with Crippen LogP contribution in [0.2, 0.25) is 39.3 Å². The molecule has 9 atom stereocenters. The van der Waals surface area contributed by atoms with E-state index in [1.807, 2.05) is 6.92 Å². The predicted octanol–water partition coefficient (Wildman–Crippen LogP) is 4.91. The molecule has 1 spiro atoms. The number of esters is 2. The average Bonchev–Trinajstić information content (AvgIpc) is 3.15. The highest BCUT2D eigenvalue weighted by Gasteiger charge is 2.85. The number of hydrogen-bond acceptors (Lipinski definition) is 6. The fourth-order valence-electron chi connectivity index (χ4n) is 8.93. The van der Waals surface area contributed by atoms with Gasteiger partial charge in [-0.1, -0.05) is 12.2 Å². The zero-order valence-corrected chi connectivity index (χ0v) is 24.2. The summed E-state index contributed by atoms with van der Waals surface area (Å²) in [4.78, 5) is 27.5. The Morgan fingerprint density at radius 1 is 1.06 bits per heavy atom. The number of carbonyl (C=O) groups excluding carboxylic acids is 2. The Labute approximate surface area is 206 Å². The molecule has 0 radical (unpaired) electrons. The fraction of sp³-hybridized carbons (Fsp3) is 0.846. The maximum Gasteiger partial charge on any atom is 0.315 e. The van der Waals surface area contributed by atoms with Crippen molar-refractivity contribution >= 4 is 28.6 Å². The average molecular weight is 507 g/mol. The van der Waals surface area contributed by atoms with Crippen molar-refractivity contribution in [1.29, 1.82) is 0 Å². The molecule has 0 aromatic rings. The van der Waals surface area contributed by atoms with Gasteiger partial charge in [0, 0.05) is 18.3 Å². The van der Waals surface area contributed by atoms with Crippen LogP contribution in [0, 0.1) is 34.5 Å². The van der Waals surface area contributed by atoms with Crippen LogP contribution in [0.25, 0.3) is 0 Å². The largest absolute Gasteiger partial charge is 0.469 e. The minimum atomic E-state index is -2.05. The lowest BCUT2D eigenvalue weighted by Gasteiger charge is -2.51. The number of rotatable bonds is 5. The molecule has 1 saturated heterocycles. The molecule has 3 unspecified atom stereocenters. The fourth-order valence-corrected chi connectivity index (χ4v) is 11.2. The van der Waals surface area contributed by atoms with Gasteiger partial charge in [0.05, 0.1) is 30.7 Å². The van der Waals surface area contributed by atoms with Crippen LogP contribution in [0.3, 0.4) is 0 Å². The molecule has 34 heavy (non-hydrogen) atoms. The van der Waals surface area contributed by atoms with Gasteiger partial charge >= 0.3 is 11.9 Å². The molecular weight excluding hydrogens is 464 g/mol. The van der Waals surface area contributed by atoms with E-state index in [1.54, 1.807) is 0 Å². The van der Waals surface area contributed by atoms with Crippen molar-refractivity contribution in [2.24, 2.45) is 34.5 Å². The first-order valence-corrected chi connectivity index (χ1v) is 19.8. The first kappa shape index (κ1) is 24.7. The highest BCUT2D eigenvalue weighted by atomic mass is 28.4. The van der Waals surface area contributed by atoms with Gasteiger partial charge in [-0.05, 0) is 83.2 Å². The van der Waals surface area contributed by atoms with E-state index < -0.39 is 33.8 Å². The van der Waals surface area contributed by atoms with Gasteiger partial charge in [0.15, 0.2) is 16.6 Å². The second kappa shape index (κ2) is 7.29. The molecule has 6 nitrogen and oxygen atoms in total. The summed E-state index contributed by atoms with van der Waals surface area (Å²) in [5.74, 6) is -0.502. The molecule has 0 N–H and O–H groups in total. The highest BCUT2D eigenvalue weighted by molar-refractivity contribution is 6.70. The lowest BCUT2D eigenvalue weighted by Crippen LogP contribution is -2.63. The Morgan fingerprint density at radius 2 is 1.71 bits per heavy atom. The number of ether oxygens (including phenoxy) is 2. The molecule has 5 rings (SSSR count). The van der Waals surface area contributed by atoms with Gasteiger partial charge in [-0.2, -0.15) is 0 Å². The Kier molecular flexibility index (Phi) is 5.30. The van der Waals surface area contributed by atoms with Crippen molar-refractivity contribution in [2.75, 3.05) is 7.11 Å². The summed E-state index contributed by atoms with van der Waals surface area (Å²) in [7, 11) is -2.53. The maximum absolute atomic E-state index is 13.9. The van der Waals surface area contributed by atoms with E-state index >= 15 is 0 Å². The van der Waals surface area contributed by atoms with Crippen LogP contribution in [-0.2, 0) is 27.9 Å². The van der Waals surface area contributed by atoms with E-state index in [4.69, 9.17) is 18.3 Å². The summed E-state index contributed by atoms with van der Waals surface area (Å²) in [6.07, 6.45) is 3.74. The van der Waals surface area contributed by atoms with E-state index in [9.17, 15) is 9.59 Å². The second-order valence-electron chi connectivity index (χ2n) is 13.8. The van der Waals surface area contributed by atoms with Crippen molar-refractivity contribution < 1.29 is 27.9 Å². The van der Waals surface area contributed by atoms with E-state index in [0.717, 1.165) is 25.7 Å². The van der Waals surface area contributed by atoms with E-state index in [-0.39, 0.29) is 41.2 Å². The molecule has 5 fully saturated rings. The maximum atomic E-state index is 13.9. The molecule has 4 aliphatic carbocycles. The molecule has 0 amide bonds. The quantitative estimate of drug-likeness (QED) is 0.300. The second-order valence-corrected chi connectivity index (χ2v) is 22.7. The zero-order chi connectivity index (χ0) is 25.1. The van der Waals surface area contributed by atoms with Crippen LogP contribution < -0.4 is 0 Å². The summed E-state index contributed by atoms with van der Waals surface area (Å²) in [5.41, 5.74) is -0.655. The lowest BCUT2D eigenvalue weighted by atomic mass is 9.58. The van der Waals surface area contributed by atoms with Gasteiger partial charge in [-0.15, -0.1) is 0 Å². The normalized spacial score (nSPS) is 47.3. The standard InChI is InChI=1S/C26H42O6Si2/c1-15-12-25-13-16(15)10-11-18(25)26-14-17(31-33(4,5)6)21(32-34(7,8)9)24(2,23(28)30-26)20(26)19(25)22(27)29-3/h16-21H,1,10-14H2,2-9H3/t16-,17+,18?,19-,20?,21+,24?,25+,26-/m1/s1. The summed E-state index contributed by atoms with van der Waals surface area (Å²) >= 11 is 0. The minimum Gasteiger partial charge on any atom is -0.469 e. The molecule has 5 aliphatic rings. The molecule has 190 valence electrons. The highest BCUT2D eigenvalue weighted by Crippen LogP contribution is 2.78. The third-order valence-corrected chi connectivity index (χ3v) is 11.6. The molecule has 8 heteroatoms. The summed E-state index contributed by atoms with van der Waals surface area (Å²) in [6, 6.07) is 0. The van der Waals surface area contributed by atoms with Gasteiger partial charge in [0.2, 0.25) is 0 Å². The van der Waals surface area contributed by atoms with Crippen LogP contribution in [-0.4, -0.2) is 53.5 Å². The first-order chi connectivity index (χ1) is 15.6. The van der Waals surface area contributed by atoms with Gasteiger partial charge in [0.1, 0.15) is 5.60 Å². The van der Waals surface area contributed by atoms with E-state index in [0.29, 0.717) is 12.3 Å². The van der Waals surface area contributed by atoms with Crippen LogP contribution in [0.4, 0.5) is 0 Å². The van der Waals surface area contributed by atoms with Crippen LogP contribution >= 0.6 is 0 Å². The van der Waals surface area contributed by atoms with Crippen molar-refractivity contribution in [1.82, 2.24) is 0 Å². The van der Waals surface area contributed by atoms with Crippen molar-refractivity contribution in [2.45, 2.75) is 96.1 Å². The third kappa shape index (κ3) is 3.17. The molecule has 4 bridgehead atoms. The molecular formula is C26H42O6Si2. The zero-order valence-electron chi connectivity index (χ0n) is 22.2. The number of hydrogen-bond donors (Lipinski definition) is 0. The van der Waals surface area contributed by atoms with Gasteiger partial charge in [-0.3, -0.25) is 9.59 Å². The minimum absolute atomic E-state index is 0.121. The molecule has 0 aromatic heterocycles. The summed E-state index contributed by atoms with van der Waals surface area (Å²) in [5, 5.41) is 0.